The summed E-state index contributed by atoms with van der Waals surface area (Å²) in [5.74, 6) is 0. The molecule has 90 valence electrons. The molecular weight excluding hydrogens is 212 g/mol. The van der Waals surface area contributed by atoms with Crippen LogP contribution < -0.4 is 9.80 Å². The zero-order valence-electron chi connectivity index (χ0n) is 10.8. The predicted octanol–water partition coefficient (Wildman–Crippen LogP) is 2.00. The fraction of sp³-hybridized carbons (Fsp3) is 0.308. The molecule has 0 aliphatic heterocycles. The van der Waals surface area contributed by atoms with Crippen molar-refractivity contribution in [3.05, 3.63) is 36.7 Å². The quantitative estimate of drug-likeness (QED) is 0.806. The first-order valence-electron chi connectivity index (χ1n) is 5.59. The summed E-state index contributed by atoms with van der Waals surface area (Å²) in [6.07, 6.45) is 3.77. The van der Waals surface area contributed by atoms with Crippen molar-refractivity contribution in [1.29, 1.82) is 0 Å². The maximum atomic E-state index is 4.34. The molecule has 0 spiro atoms. The highest BCUT2D eigenvalue weighted by Crippen LogP contribution is 2.31. The Morgan fingerprint density at radius 1 is 0.941 bits per heavy atom. The van der Waals surface area contributed by atoms with Gasteiger partial charge < -0.3 is 9.80 Å². The van der Waals surface area contributed by atoms with Crippen LogP contribution in [0.1, 0.15) is 0 Å². The van der Waals surface area contributed by atoms with Gasteiger partial charge in [0.1, 0.15) is 5.69 Å². The molecule has 17 heavy (non-hydrogen) atoms. The number of anilines is 2. The van der Waals surface area contributed by atoms with E-state index in [4.69, 9.17) is 0 Å². The largest absolute Gasteiger partial charge is 0.376 e. The van der Waals surface area contributed by atoms with Gasteiger partial charge >= 0.3 is 0 Å². The van der Waals surface area contributed by atoms with E-state index in [-0.39, 0.29) is 0 Å². The third-order valence-corrected chi connectivity index (χ3v) is 2.69. The molecule has 4 heteroatoms. The number of para-hydroxylation sites is 1. The van der Waals surface area contributed by atoms with Crippen LogP contribution in [0.4, 0.5) is 11.4 Å². The number of aromatic nitrogens is 2. The minimum Gasteiger partial charge on any atom is -0.376 e. The normalized spacial score (nSPS) is 10.4. The molecule has 1 aromatic carbocycles. The number of hydrogen-bond acceptors (Lipinski definition) is 3. The van der Waals surface area contributed by atoms with Crippen LogP contribution in [0.15, 0.2) is 36.7 Å². The van der Waals surface area contributed by atoms with Gasteiger partial charge in [0.05, 0.1) is 11.4 Å². The molecule has 0 aliphatic rings. The van der Waals surface area contributed by atoms with Gasteiger partial charge in [0, 0.05) is 40.6 Å². The molecule has 0 aliphatic carbocycles. The number of hydrogen-bond donors (Lipinski definition) is 0. The first kappa shape index (κ1) is 11.5. The van der Waals surface area contributed by atoms with Crippen LogP contribution in [0.5, 0.6) is 0 Å². The summed E-state index contributed by atoms with van der Waals surface area (Å²) >= 11 is 0. The number of nitrogens with zero attached hydrogens (tertiary/aromatic N) is 4. The molecule has 0 fully saturated rings. The van der Waals surface area contributed by atoms with Gasteiger partial charge in [-0.2, -0.15) is 5.10 Å². The van der Waals surface area contributed by atoms with Crippen LogP contribution in [-0.2, 0) is 0 Å². The average molecular weight is 230 g/mol. The van der Waals surface area contributed by atoms with Gasteiger partial charge in [-0.05, 0) is 18.2 Å². The molecule has 2 rings (SSSR count). The Kier molecular flexibility index (Phi) is 3.04. The molecule has 0 saturated heterocycles. The minimum absolute atomic E-state index is 1.10. The van der Waals surface area contributed by atoms with Crippen molar-refractivity contribution in [3.8, 4) is 5.69 Å². The van der Waals surface area contributed by atoms with Crippen molar-refractivity contribution in [3.63, 3.8) is 0 Å². The van der Waals surface area contributed by atoms with E-state index in [1.165, 1.54) is 0 Å². The highest BCUT2D eigenvalue weighted by Gasteiger charge is 2.13. The molecule has 0 unspecified atom stereocenters. The fourth-order valence-corrected chi connectivity index (χ4v) is 1.88. The topological polar surface area (TPSA) is 24.3 Å². The van der Waals surface area contributed by atoms with Gasteiger partial charge in [0.15, 0.2) is 0 Å². The lowest BCUT2D eigenvalue weighted by atomic mass is 10.2. The van der Waals surface area contributed by atoms with Crippen molar-refractivity contribution in [2.75, 3.05) is 38.0 Å². The van der Waals surface area contributed by atoms with E-state index < -0.39 is 0 Å². The van der Waals surface area contributed by atoms with Crippen molar-refractivity contribution < 1.29 is 0 Å². The summed E-state index contributed by atoms with van der Waals surface area (Å²) in [5, 5.41) is 4.34. The Hall–Kier alpha value is -1.97. The highest BCUT2D eigenvalue weighted by atomic mass is 15.3. The molecule has 0 N–H and O–H groups in total. The van der Waals surface area contributed by atoms with E-state index in [0.29, 0.717) is 0 Å². The summed E-state index contributed by atoms with van der Waals surface area (Å²) in [6, 6.07) is 8.21. The lowest BCUT2D eigenvalue weighted by Crippen LogP contribution is -2.17. The fourth-order valence-electron chi connectivity index (χ4n) is 1.88. The molecule has 1 aromatic heterocycles. The van der Waals surface area contributed by atoms with E-state index >= 15 is 0 Å². The van der Waals surface area contributed by atoms with Crippen molar-refractivity contribution >= 4 is 11.4 Å². The monoisotopic (exact) mass is 230 g/mol. The average Bonchev–Trinajstić information content (AvgIpc) is 2.80. The van der Waals surface area contributed by atoms with E-state index in [0.717, 1.165) is 17.1 Å². The summed E-state index contributed by atoms with van der Waals surface area (Å²) in [6.45, 7) is 0. The van der Waals surface area contributed by atoms with Crippen LogP contribution in [-0.4, -0.2) is 38.0 Å². The second kappa shape index (κ2) is 4.49. The molecule has 4 nitrogen and oxygen atoms in total. The lowest BCUT2D eigenvalue weighted by Gasteiger charge is -2.23. The maximum Gasteiger partial charge on any atom is 0.111 e. The Bertz CT molecular complexity index is 460. The Morgan fingerprint density at radius 2 is 1.53 bits per heavy atom. The van der Waals surface area contributed by atoms with Gasteiger partial charge in [-0.15, -0.1) is 0 Å². The highest BCUT2D eigenvalue weighted by molar-refractivity contribution is 5.76. The van der Waals surface area contributed by atoms with Crippen LogP contribution in [0.2, 0.25) is 0 Å². The third-order valence-electron chi connectivity index (χ3n) is 2.69. The van der Waals surface area contributed by atoms with Gasteiger partial charge in [-0.25, -0.2) is 4.68 Å². The number of benzene rings is 1. The van der Waals surface area contributed by atoms with E-state index in [1.54, 1.807) is 6.20 Å². The minimum atomic E-state index is 1.10. The smallest absolute Gasteiger partial charge is 0.111 e. The van der Waals surface area contributed by atoms with Gasteiger partial charge in [0.25, 0.3) is 0 Å². The summed E-state index contributed by atoms with van der Waals surface area (Å²) in [4.78, 5) is 4.20. The Balaban J connectivity index is 2.67. The standard InChI is InChI=1S/C13H18N4/c1-15(2)11-7-5-8-12(16(3)4)13(11)17-10-6-9-14-17/h5-10H,1-4H3. The summed E-state index contributed by atoms with van der Waals surface area (Å²) < 4.78 is 1.91. The molecule has 2 aromatic rings. The predicted molar refractivity (Wildman–Crippen MR) is 72.2 cm³/mol. The molecule has 0 saturated carbocycles. The molecular formula is C13H18N4. The van der Waals surface area contributed by atoms with Crippen molar-refractivity contribution in [2.45, 2.75) is 0 Å². The Morgan fingerprint density at radius 3 is 1.94 bits per heavy atom. The Labute approximate surface area is 102 Å². The second-order valence-corrected chi connectivity index (χ2v) is 4.38. The van der Waals surface area contributed by atoms with Gasteiger partial charge in [0.2, 0.25) is 0 Å². The van der Waals surface area contributed by atoms with Crippen molar-refractivity contribution in [1.82, 2.24) is 9.78 Å². The SMILES string of the molecule is CN(C)c1cccc(N(C)C)c1-n1cccn1. The molecule has 0 atom stereocenters. The zero-order chi connectivity index (χ0) is 12.4. The van der Waals surface area contributed by atoms with Crippen LogP contribution in [0.25, 0.3) is 5.69 Å². The molecule has 0 radical (unpaired) electrons. The maximum absolute atomic E-state index is 4.34. The van der Waals surface area contributed by atoms with Gasteiger partial charge in [-0.1, -0.05) is 6.07 Å². The van der Waals surface area contributed by atoms with E-state index in [9.17, 15) is 0 Å². The first-order chi connectivity index (χ1) is 8.11. The lowest BCUT2D eigenvalue weighted by molar-refractivity contribution is 0.867. The van der Waals surface area contributed by atoms with Crippen LogP contribution >= 0.6 is 0 Å². The van der Waals surface area contributed by atoms with Gasteiger partial charge in [-0.3, -0.25) is 0 Å². The second-order valence-electron chi connectivity index (χ2n) is 4.38. The first-order valence-corrected chi connectivity index (χ1v) is 5.59. The molecule has 0 amide bonds. The van der Waals surface area contributed by atoms with Crippen molar-refractivity contribution in [2.24, 2.45) is 0 Å². The van der Waals surface area contributed by atoms with Crippen LogP contribution in [0, 0.1) is 0 Å². The van der Waals surface area contributed by atoms with E-state index in [2.05, 4.69) is 33.1 Å². The van der Waals surface area contributed by atoms with Crippen LogP contribution in [0.3, 0.4) is 0 Å². The molecule has 0 bridgehead atoms. The summed E-state index contributed by atoms with van der Waals surface area (Å²) in [5.41, 5.74) is 3.41. The van der Waals surface area contributed by atoms with E-state index in [1.807, 2.05) is 45.1 Å². The summed E-state index contributed by atoms with van der Waals surface area (Å²) in [7, 11) is 8.17. The zero-order valence-corrected chi connectivity index (χ0v) is 10.8. The molecule has 1 heterocycles. The number of rotatable bonds is 3. The third kappa shape index (κ3) is 2.11.